The molecule has 0 heterocycles. The van der Waals surface area contributed by atoms with Gasteiger partial charge in [0.25, 0.3) is 0 Å². The Morgan fingerprint density at radius 1 is 1.46 bits per heavy atom. The normalized spacial score (nSPS) is 9.54. The lowest BCUT2D eigenvalue weighted by molar-refractivity contribution is -0.869. The number of nitrogens with one attached hydrogen (secondary N) is 1. The minimum absolute atomic E-state index is 0.0495. The van der Waals surface area contributed by atoms with Crippen molar-refractivity contribution in [2.45, 2.75) is 6.92 Å². The minimum atomic E-state index is -0.500. The maximum atomic E-state index is 10.4. The molecule has 0 saturated heterocycles. The molecule has 0 bridgehead atoms. The summed E-state index contributed by atoms with van der Waals surface area (Å²) in [6.45, 7) is 2.77. The van der Waals surface area contributed by atoms with E-state index in [-0.39, 0.29) is 5.91 Å². The number of quaternary nitrogens is 1. The molecule has 0 fully saturated rings. The van der Waals surface area contributed by atoms with Crippen LogP contribution in [0.15, 0.2) is 0 Å². The lowest BCUT2D eigenvalue weighted by Crippen LogP contribution is -2.41. The number of likely N-dealkylation sites (N-methyl/N-ethyl adjacent to an activating group) is 1. The molecule has 0 aliphatic heterocycles. The first-order chi connectivity index (χ1) is 5.83. The van der Waals surface area contributed by atoms with Crippen LogP contribution in [-0.4, -0.2) is 51.1 Å². The quantitative estimate of drug-likeness (QED) is 0.421. The van der Waals surface area contributed by atoms with E-state index in [2.05, 4.69) is 26.5 Å². The second-order valence-corrected chi connectivity index (χ2v) is 3.59. The number of carbonyl (C=O) groups excluding carboxylic acids is 2. The summed E-state index contributed by atoms with van der Waals surface area (Å²) in [4.78, 5) is 18.7. The van der Waals surface area contributed by atoms with E-state index in [0.717, 1.165) is 17.6 Å². The Labute approximate surface area is 78.9 Å². The number of amides is 1. The third-order valence-corrected chi connectivity index (χ3v) is 1.16. The van der Waals surface area contributed by atoms with Gasteiger partial charge in [-0.3, -0.25) is 4.79 Å². The van der Waals surface area contributed by atoms with Gasteiger partial charge in [-0.15, -0.1) is 0 Å². The summed E-state index contributed by atoms with van der Waals surface area (Å²) in [5, 5.41) is 11.0. The molecule has 0 aromatic rings. The zero-order valence-corrected chi connectivity index (χ0v) is 8.66. The maximum absolute atomic E-state index is 10.4. The van der Waals surface area contributed by atoms with Crippen molar-refractivity contribution >= 4 is 12.4 Å². The number of carbonyl (C=O) groups is 2. The largest absolute Gasteiger partial charge is 0.554 e. The monoisotopic (exact) mass is 190 g/mol. The second kappa shape index (κ2) is 7.54. The van der Waals surface area contributed by atoms with Crippen LogP contribution in [0.4, 0.5) is 0 Å². The van der Waals surface area contributed by atoms with Crippen molar-refractivity contribution in [1.29, 1.82) is 0 Å². The van der Waals surface area contributed by atoms with Crippen LogP contribution in [0, 0.1) is 0 Å². The highest BCUT2D eigenvalue weighted by molar-refractivity contribution is 5.72. The van der Waals surface area contributed by atoms with E-state index in [1.807, 2.05) is 0 Å². The van der Waals surface area contributed by atoms with Crippen molar-refractivity contribution in [3.05, 3.63) is 0 Å². The van der Waals surface area contributed by atoms with Crippen molar-refractivity contribution in [3.63, 3.8) is 0 Å². The summed E-state index contributed by atoms with van der Waals surface area (Å²) < 4.78 is 0.889. The van der Waals surface area contributed by atoms with Crippen molar-refractivity contribution in [2.75, 3.05) is 34.2 Å². The van der Waals surface area contributed by atoms with E-state index in [1.54, 1.807) is 0 Å². The average Bonchev–Trinajstić information content (AvgIpc) is 1.84. The first-order valence-electron chi connectivity index (χ1n) is 3.94. The van der Waals surface area contributed by atoms with Gasteiger partial charge in [-0.1, -0.05) is 0 Å². The van der Waals surface area contributed by atoms with Crippen LogP contribution >= 0.6 is 0 Å². The Kier molecular flexibility index (Phi) is 8.37. The SMILES string of the molecule is CC(=O)NCC[N+](C)(C)C.O=C[O-]. The molecule has 0 atom stereocenters. The van der Waals surface area contributed by atoms with Crippen molar-refractivity contribution in [3.8, 4) is 0 Å². The number of rotatable bonds is 3. The third-order valence-electron chi connectivity index (χ3n) is 1.16. The molecule has 5 nitrogen and oxygen atoms in total. The number of carboxylic acid groups (broad SMARTS) is 1. The molecule has 0 saturated carbocycles. The average molecular weight is 190 g/mol. The van der Waals surface area contributed by atoms with Gasteiger partial charge in [-0.25, -0.2) is 0 Å². The van der Waals surface area contributed by atoms with Crippen LogP contribution in [-0.2, 0) is 9.59 Å². The van der Waals surface area contributed by atoms with Crippen LogP contribution in [0.25, 0.3) is 0 Å². The standard InChI is InChI=1S/C7H16N2O.CH2O2/c1-7(10)8-5-6-9(2,3)4;2-1-3/h5-6H2,1-4H3;1H,(H,2,3). The first-order valence-corrected chi connectivity index (χ1v) is 3.94. The molecule has 0 radical (unpaired) electrons. The summed E-state index contributed by atoms with van der Waals surface area (Å²) >= 11 is 0. The van der Waals surface area contributed by atoms with E-state index in [1.165, 1.54) is 6.92 Å². The molecule has 0 aromatic heterocycles. The van der Waals surface area contributed by atoms with E-state index >= 15 is 0 Å². The van der Waals surface area contributed by atoms with Gasteiger partial charge in [-0.05, 0) is 0 Å². The number of hydrogen-bond donors (Lipinski definition) is 1. The van der Waals surface area contributed by atoms with Crippen molar-refractivity contribution < 1.29 is 19.2 Å². The van der Waals surface area contributed by atoms with Crippen molar-refractivity contribution in [2.24, 2.45) is 0 Å². The van der Waals surface area contributed by atoms with Gasteiger partial charge in [0.05, 0.1) is 34.2 Å². The minimum Gasteiger partial charge on any atom is -0.554 e. The highest BCUT2D eigenvalue weighted by Gasteiger charge is 2.05. The van der Waals surface area contributed by atoms with E-state index in [0.29, 0.717) is 0 Å². The van der Waals surface area contributed by atoms with Gasteiger partial charge in [0.15, 0.2) is 0 Å². The van der Waals surface area contributed by atoms with Crippen LogP contribution in [0.3, 0.4) is 0 Å². The summed E-state index contributed by atoms with van der Waals surface area (Å²) in [5.41, 5.74) is 0. The van der Waals surface area contributed by atoms with Gasteiger partial charge in [0.2, 0.25) is 5.91 Å². The Morgan fingerprint density at radius 3 is 2.08 bits per heavy atom. The van der Waals surface area contributed by atoms with E-state index in [9.17, 15) is 4.79 Å². The van der Waals surface area contributed by atoms with Gasteiger partial charge in [0.1, 0.15) is 0 Å². The smallest absolute Gasteiger partial charge is 0.217 e. The van der Waals surface area contributed by atoms with Gasteiger partial charge in [0, 0.05) is 13.4 Å². The molecule has 0 aromatic carbocycles. The Hall–Kier alpha value is -1.10. The van der Waals surface area contributed by atoms with Gasteiger partial charge in [-0.2, -0.15) is 0 Å². The summed E-state index contributed by atoms with van der Waals surface area (Å²) in [5.74, 6) is 0.0495. The van der Waals surface area contributed by atoms with Gasteiger partial charge >= 0.3 is 0 Å². The zero-order chi connectivity index (χ0) is 10.9. The molecule has 0 unspecified atom stereocenters. The molecule has 1 amide bonds. The molecule has 0 aliphatic carbocycles. The van der Waals surface area contributed by atoms with Crippen molar-refractivity contribution in [1.82, 2.24) is 5.32 Å². The molecule has 0 rings (SSSR count). The maximum Gasteiger partial charge on any atom is 0.217 e. The molecule has 0 aliphatic rings. The highest BCUT2D eigenvalue weighted by atomic mass is 16.3. The summed E-state index contributed by atoms with van der Waals surface area (Å²) in [7, 11) is 6.30. The third kappa shape index (κ3) is 24.8. The molecule has 5 heteroatoms. The van der Waals surface area contributed by atoms with Gasteiger partial charge < -0.3 is 19.7 Å². The molecular formula is C8H18N2O3. The van der Waals surface area contributed by atoms with Crippen LogP contribution < -0.4 is 10.4 Å². The highest BCUT2D eigenvalue weighted by Crippen LogP contribution is 1.85. The predicted molar refractivity (Wildman–Crippen MR) is 47.6 cm³/mol. The lowest BCUT2D eigenvalue weighted by atomic mass is 10.5. The Bertz CT molecular complexity index is 152. The summed E-state index contributed by atoms with van der Waals surface area (Å²) in [6, 6.07) is 0. The molecule has 78 valence electrons. The van der Waals surface area contributed by atoms with Crippen LogP contribution in [0.5, 0.6) is 0 Å². The van der Waals surface area contributed by atoms with E-state index < -0.39 is 6.47 Å². The number of hydrogen-bond acceptors (Lipinski definition) is 3. The van der Waals surface area contributed by atoms with Crippen LogP contribution in [0.1, 0.15) is 6.92 Å². The number of nitrogens with zero attached hydrogens (tertiary/aromatic N) is 1. The fourth-order valence-electron chi connectivity index (χ4n) is 0.567. The zero-order valence-electron chi connectivity index (χ0n) is 8.66. The second-order valence-electron chi connectivity index (χ2n) is 3.59. The van der Waals surface area contributed by atoms with E-state index in [4.69, 9.17) is 9.90 Å². The Morgan fingerprint density at radius 2 is 1.85 bits per heavy atom. The molecular weight excluding hydrogens is 172 g/mol. The topological polar surface area (TPSA) is 69.2 Å². The Balaban J connectivity index is 0. The first kappa shape index (κ1) is 14.4. The predicted octanol–water partition coefficient (Wildman–Crippen LogP) is -1.81. The van der Waals surface area contributed by atoms with Crippen LogP contribution in [0.2, 0.25) is 0 Å². The molecule has 0 spiro atoms. The lowest BCUT2D eigenvalue weighted by Gasteiger charge is -2.23. The molecule has 13 heavy (non-hydrogen) atoms. The fraction of sp³-hybridized carbons (Fsp3) is 0.750. The molecule has 1 N–H and O–H groups in total. The summed E-state index contributed by atoms with van der Waals surface area (Å²) in [6.07, 6.45) is 0. The fourth-order valence-corrected chi connectivity index (χ4v) is 0.567.